The summed E-state index contributed by atoms with van der Waals surface area (Å²) in [7, 11) is 0. The van der Waals surface area contributed by atoms with Crippen molar-refractivity contribution in [2.45, 2.75) is 0 Å². The smallest absolute Gasteiger partial charge is 0.0936 e. The summed E-state index contributed by atoms with van der Waals surface area (Å²) in [5, 5.41) is 9.22. The zero-order valence-corrected chi connectivity index (χ0v) is 10.6. The number of rotatable bonds is 1. The fraction of sp³-hybridized carbons (Fsp3) is 0. The van der Waals surface area contributed by atoms with Crippen molar-refractivity contribution >= 4 is 21.9 Å². The van der Waals surface area contributed by atoms with Crippen LogP contribution in [-0.4, -0.2) is 20.2 Å². The van der Waals surface area contributed by atoms with Gasteiger partial charge in [0.15, 0.2) is 0 Å². The molecule has 4 rings (SSSR count). The molecule has 0 bridgehead atoms. The van der Waals surface area contributed by atoms with Crippen LogP contribution in [0.15, 0.2) is 60.9 Å². The molecule has 0 amide bonds. The third kappa shape index (κ3) is 1.70. The second-order valence-electron chi connectivity index (χ2n) is 4.52. The second kappa shape index (κ2) is 4.35. The first-order valence-electron chi connectivity index (χ1n) is 6.34. The first kappa shape index (κ1) is 11.0. The summed E-state index contributed by atoms with van der Waals surface area (Å²) >= 11 is 0. The largest absolute Gasteiger partial charge is 0.252 e. The quantitative estimate of drug-likeness (QED) is 0.526. The molecule has 0 aliphatic rings. The topological polar surface area (TPSA) is 51.6 Å². The average Bonchev–Trinajstić information content (AvgIpc) is 2.54. The van der Waals surface area contributed by atoms with Gasteiger partial charge in [0.1, 0.15) is 0 Å². The molecule has 4 nitrogen and oxygen atoms in total. The Morgan fingerprint density at radius 3 is 2.35 bits per heavy atom. The number of hydrogen-bond acceptors (Lipinski definition) is 4. The fourth-order valence-electron chi connectivity index (χ4n) is 2.30. The van der Waals surface area contributed by atoms with Crippen LogP contribution in [0.4, 0.5) is 0 Å². The lowest BCUT2D eigenvalue weighted by molar-refractivity contribution is 1.07. The highest BCUT2D eigenvalue weighted by Crippen LogP contribution is 2.25. The Kier molecular flexibility index (Phi) is 2.39. The van der Waals surface area contributed by atoms with Gasteiger partial charge in [0, 0.05) is 10.9 Å². The maximum atomic E-state index is 4.67. The van der Waals surface area contributed by atoms with E-state index in [0.717, 1.165) is 33.2 Å². The molecule has 0 atom stereocenters. The molecule has 0 spiro atoms. The van der Waals surface area contributed by atoms with Gasteiger partial charge in [-0.15, -0.1) is 0 Å². The van der Waals surface area contributed by atoms with E-state index in [1.165, 1.54) is 0 Å². The Labute approximate surface area is 115 Å². The van der Waals surface area contributed by atoms with E-state index in [9.17, 15) is 0 Å². The van der Waals surface area contributed by atoms with E-state index >= 15 is 0 Å². The third-order valence-corrected chi connectivity index (χ3v) is 3.27. The van der Waals surface area contributed by atoms with E-state index < -0.39 is 0 Å². The van der Waals surface area contributed by atoms with Gasteiger partial charge in [-0.05, 0) is 18.2 Å². The zero-order valence-electron chi connectivity index (χ0n) is 10.6. The summed E-state index contributed by atoms with van der Waals surface area (Å²) < 4.78 is 0. The van der Waals surface area contributed by atoms with Gasteiger partial charge in [-0.3, -0.25) is 4.98 Å². The molecule has 0 aliphatic carbocycles. The summed E-state index contributed by atoms with van der Waals surface area (Å²) in [5.74, 6) is 0. The van der Waals surface area contributed by atoms with E-state index in [1.54, 1.807) is 12.4 Å². The molecule has 2 heterocycles. The van der Waals surface area contributed by atoms with Crippen LogP contribution in [0.25, 0.3) is 33.2 Å². The highest BCUT2D eigenvalue weighted by atomic mass is 15.1. The maximum Gasteiger partial charge on any atom is 0.0936 e. The molecule has 0 saturated carbocycles. The van der Waals surface area contributed by atoms with Gasteiger partial charge >= 0.3 is 0 Å². The predicted octanol–water partition coefficient (Wildman–Crippen LogP) is 3.24. The van der Waals surface area contributed by atoms with Crippen molar-refractivity contribution in [2.24, 2.45) is 0 Å². The Hall–Kier alpha value is -2.88. The van der Waals surface area contributed by atoms with Gasteiger partial charge in [0.2, 0.25) is 0 Å². The predicted molar refractivity (Wildman–Crippen MR) is 78.1 cm³/mol. The van der Waals surface area contributed by atoms with Crippen molar-refractivity contribution in [3.8, 4) is 11.3 Å². The fourth-order valence-corrected chi connectivity index (χ4v) is 2.30. The Morgan fingerprint density at radius 2 is 1.45 bits per heavy atom. The lowest BCUT2D eigenvalue weighted by atomic mass is 10.1. The van der Waals surface area contributed by atoms with Crippen molar-refractivity contribution in [1.82, 2.24) is 20.2 Å². The SMILES string of the molecule is c1ccc2nc(-c3cnnc4ccccc34)cnc2c1. The van der Waals surface area contributed by atoms with Gasteiger partial charge in [0.05, 0.1) is 34.6 Å². The van der Waals surface area contributed by atoms with Gasteiger partial charge in [-0.2, -0.15) is 10.2 Å². The number of para-hydroxylation sites is 2. The normalized spacial score (nSPS) is 11.0. The standard InChI is InChI=1S/C16H10N4/c1-2-6-13-11(5-1)12(9-18-20-13)16-10-17-14-7-3-4-8-15(14)19-16/h1-10H. The van der Waals surface area contributed by atoms with E-state index in [4.69, 9.17) is 0 Å². The molecular weight excluding hydrogens is 248 g/mol. The maximum absolute atomic E-state index is 4.67. The number of aromatic nitrogens is 4. The van der Waals surface area contributed by atoms with Crippen LogP contribution in [0.5, 0.6) is 0 Å². The summed E-state index contributed by atoms with van der Waals surface area (Å²) in [6, 6.07) is 15.7. The molecule has 0 fully saturated rings. The lowest BCUT2D eigenvalue weighted by Gasteiger charge is -2.05. The molecular formula is C16H10N4. The molecule has 0 N–H and O–H groups in total. The van der Waals surface area contributed by atoms with E-state index in [1.807, 2.05) is 48.5 Å². The Bertz CT molecular complexity index is 913. The first-order chi connectivity index (χ1) is 9.92. The number of nitrogens with zero attached hydrogens (tertiary/aromatic N) is 4. The molecule has 0 aliphatic heterocycles. The monoisotopic (exact) mass is 258 g/mol. The van der Waals surface area contributed by atoms with E-state index in [0.29, 0.717) is 0 Å². The highest BCUT2D eigenvalue weighted by Gasteiger charge is 2.07. The Balaban J connectivity index is 2.01. The average molecular weight is 258 g/mol. The van der Waals surface area contributed by atoms with Gasteiger partial charge < -0.3 is 0 Å². The Morgan fingerprint density at radius 1 is 0.700 bits per heavy atom. The molecule has 0 saturated heterocycles. The van der Waals surface area contributed by atoms with Gasteiger partial charge in [-0.1, -0.05) is 30.3 Å². The molecule has 2 aromatic carbocycles. The second-order valence-corrected chi connectivity index (χ2v) is 4.52. The summed E-state index contributed by atoms with van der Waals surface area (Å²) in [6.45, 7) is 0. The number of fused-ring (bicyclic) bond motifs is 2. The summed E-state index contributed by atoms with van der Waals surface area (Å²) in [5.41, 5.74) is 4.40. The molecule has 94 valence electrons. The lowest BCUT2D eigenvalue weighted by Crippen LogP contribution is -1.92. The van der Waals surface area contributed by atoms with Crippen LogP contribution in [0.2, 0.25) is 0 Å². The van der Waals surface area contributed by atoms with Crippen LogP contribution in [0.1, 0.15) is 0 Å². The number of benzene rings is 2. The van der Waals surface area contributed by atoms with Crippen LogP contribution in [-0.2, 0) is 0 Å². The summed E-state index contributed by atoms with van der Waals surface area (Å²) in [6.07, 6.45) is 3.52. The van der Waals surface area contributed by atoms with Crippen LogP contribution >= 0.6 is 0 Å². The van der Waals surface area contributed by atoms with Gasteiger partial charge in [0.25, 0.3) is 0 Å². The zero-order chi connectivity index (χ0) is 13.4. The molecule has 4 aromatic rings. The molecule has 20 heavy (non-hydrogen) atoms. The van der Waals surface area contributed by atoms with Crippen LogP contribution in [0.3, 0.4) is 0 Å². The summed E-state index contributed by atoms with van der Waals surface area (Å²) in [4.78, 5) is 9.12. The highest BCUT2D eigenvalue weighted by molar-refractivity contribution is 5.93. The van der Waals surface area contributed by atoms with Crippen molar-refractivity contribution in [1.29, 1.82) is 0 Å². The minimum atomic E-state index is 0.815. The van der Waals surface area contributed by atoms with Crippen molar-refractivity contribution in [3.63, 3.8) is 0 Å². The van der Waals surface area contributed by atoms with Crippen molar-refractivity contribution < 1.29 is 0 Å². The molecule has 2 aromatic heterocycles. The minimum Gasteiger partial charge on any atom is -0.252 e. The van der Waals surface area contributed by atoms with Gasteiger partial charge in [-0.25, -0.2) is 4.98 Å². The molecule has 0 unspecified atom stereocenters. The van der Waals surface area contributed by atoms with Crippen LogP contribution < -0.4 is 0 Å². The molecule has 4 heteroatoms. The molecule has 0 radical (unpaired) electrons. The van der Waals surface area contributed by atoms with Crippen molar-refractivity contribution in [3.05, 3.63) is 60.9 Å². The first-order valence-corrected chi connectivity index (χ1v) is 6.34. The van der Waals surface area contributed by atoms with E-state index in [2.05, 4.69) is 20.2 Å². The number of hydrogen-bond donors (Lipinski definition) is 0. The third-order valence-electron chi connectivity index (χ3n) is 3.27. The van der Waals surface area contributed by atoms with Crippen molar-refractivity contribution in [2.75, 3.05) is 0 Å². The minimum absolute atomic E-state index is 0.815. The van der Waals surface area contributed by atoms with Crippen LogP contribution in [0, 0.1) is 0 Å². The van der Waals surface area contributed by atoms with E-state index in [-0.39, 0.29) is 0 Å².